The highest BCUT2D eigenvalue weighted by molar-refractivity contribution is 5.75. The van der Waals surface area contributed by atoms with Crippen LogP contribution < -0.4 is 0 Å². The molecule has 4 saturated heterocycles. The van der Waals surface area contributed by atoms with E-state index in [0.29, 0.717) is 0 Å². The minimum atomic E-state index is -3.07. The van der Waals surface area contributed by atoms with Crippen LogP contribution in [0.2, 0.25) is 0 Å². The topological polar surface area (TPSA) is 402 Å². The number of carbonyl (C=O) groups is 2. The fraction of sp³-hybridized carbons (Fsp3) is 0.923. The number of hydrogen-bond acceptors (Lipinski definition) is 22. The molecule has 0 spiro atoms. The summed E-state index contributed by atoms with van der Waals surface area (Å²) in [4.78, 5) is 23.2. The summed E-state index contributed by atoms with van der Waals surface area (Å²) in [6, 6.07) is 0. The van der Waals surface area contributed by atoms with E-state index in [4.69, 9.17) is 33.2 Å². The first kappa shape index (κ1) is 40.9. The number of ether oxygens (including phenoxy) is 7. The second-order valence-electron chi connectivity index (χ2n) is 12.2. The van der Waals surface area contributed by atoms with Gasteiger partial charge in [-0.3, -0.25) is 0 Å². The average molecular weight is 739 g/mol. The highest BCUT2D eigenvalue weighted by Crippen LogP contribution is 2.36. The molecule has 0 aromatic rings. The van der Waals surface area contributed by atoms with Crippen LogP contribution in [0, 0.1) is 0 Å². The van der Waals surface area contributed by atoms with Gasteiger partial charge in [0.05, 0.1) is 25.9 Å². The van der Waals surface area contributed by atoms with Gasteiger partial charge in [-0.15, -0.1) is 0 Å². The van der Waals surface area contributed by atoms with Crippen molar-refractivity contribution in [2.75, 3.05) is 19.8 Å². The lowest BCUT2D eigenvalue weighted by atomic mass is 9.92. The predicted molar refractivity (Wildman–Crippen MR) is 146 cm³/mol. The summed E-state index contributed by atoms with van der Waals surface area (Å²) in [6.07, 6.45) is -39.1. The van der Waals surface area contributed by atoms with Gasteiger partial charge >= 0.3 is 11.9 Å². The number of hydrogen-bond donors (Lipinski definition) is 15. The number of carboxylic acids is 2. The van der Waals surface area contributed by atoms with Gasteiger partial charge in [0.1, 0.15) is 85.5 Å². The Morgan fingerprint density at radius 3 is 1.82 bits per heavy atom. The third-order valence-electron chi connectivity index (χ3n) is 8.73. The van der Waals surface area contributed by atoms with E-state index in [1.165, 1.54) is 0 Å². The molecule has 0 amide bonds. The number of aliphatic carboxylic acids is 2. The fourth-order valence-electron chi connectivity index (χ4n) is 5.86. The van der Waals surface area contributed by atoms with E-state index in [1.807, 2.05) is 0 Å². The van der Waals surface area contributed by atoms with Gasteiger partial charge in [-0.1, -0.05) is 0 Å². The summed E-state index contributed by atoms with van der Waals surface area (Å²) in [5.74, 6) is -6.84. The zero-order valence-corrected chi connectivity index (χ0v) is 25.7. The smallest absolute Gasteiger partial charge is 0.364 e. The standard InChI is InChI=1S/C26H42O24/c27-2-6(30)18-17(5(29)1-26(43,50-18)25(41)42)47-23-16(38)13(35)19(48-24-15(37)11(33)12(34)20(49-24)21(39)40)8(46-23)4-44-22-14(36)10(32)9(31)7(3-28)45-22/h5-20,22-24,27-38,43H,1-4H2,(H,39,40)(H,41,42)/t5-,6-,7-,8-,9+,10+,11+,12-,13-,14-,15-,16+,17-,18-,19-,20+,22+,23-,24?,26?/m1/s1. The molecule has 0 aliphatic carbocycles. The van der Waals surface area contributed by atoms with Crippen LogP contribution in [-0.4, -0.2) is 231 Å². The van der Waals surface area contributed by atoms with Crippen LogP contribution in [0.5, 0.6) is 0 Å². The summed E-state index contributed by atoms with van der Waals surface area (Å²) in [5, 5.41) is 152. The molecule has 4 fully saturated rings. The molecular weight excluding hydrogens is 696 g/mol. The van der Waals surface area contributed by atoms with Gasteiger partial charge in [-0.2, -0.15) is 0 Å². The lowest BCUT2D eigenvalue weighted by Gasteiger charge is -2.49. The first-order valence-electron chi connectivity index (χ1n) is 15.1. The van der Waals surface area contributed by atoms with Crippen molar-refractivity contribution in [3.63, 3.8) is 0 Å². The van der Waals surface area contributed by atoms with Crippen molar-refractivity contribution in [3.05, 3.63) is 0 Å². The molecule has 24 heteroatoms. The first-order chi connectivity index (χ1) is 23.4. The molecule has 0 saturated carbocycles. The number of carboxylic acid groups (broad SMARTS) is 2. The van der Waals surface area contributed by atoms with Gasteiger partial charge in [0, 0.05) is 6.42 Å². The molecule has 50 heavy (non-hydrogen) atoms. The van der Waals surface area contributed by atoms with Crippen LogP contribution >= 0.6 is 0 Å². The van der Waals surface area contributed by atoms with Crippen molar-refractivity contribution < 1.29 is 119 Å². The van der Waals surface area contributed by atoms with E-state index >= 15 is 0 Å². The summed E-state index contributed by atoms with van der Waals surface area (Å²) >= 11 is 0. The molecule has 4 aliphatic heterocycles. The molecule has 24 nitrogen and oxygen atoms in total. The van der Waals surface area contributed by atoms with Gasteiger partial charge in [0.15, 0.2) is 25.0 Å². The van der Waals surface area contributed by atoms with Crippen molar-refractivity contribution in [1.82, 2.24) is 0 Å². The molecule has 4 rings (SSSR count). The van der Waals surface area contributed by atoms with Crippen LogP contribution in [0.4, 0.5) is 0 Å². The summed E-state index contributed by atoms with van der Waals surface area (Å²) in [7, 11) is 0. The highest BCUT2D eigenvalue weighted by atomic mass is 16.8. The Balaban J connectivity index is 1.61. The van der Waals surface area contributed by atoms with E-state index < -0.39 is 161 Å². The molecular formula is C26H42O24. The zero-order valence-electron chi connectivity index (χ0n) is 25.7. The predicted octanol–water partition coefficient (Wildman–Crippen LogP) is -9.81. The van der Waals surface area contributed by atoms with Crippen LogP contribution in [0.3, 0.4) is 0 Å². The monoisotopic (exact) mass is 738 g/mol. The molecule has 2 unspecified atom stereocenters. The molecule has 0 bridgehead atoms. The molecule has 20 atom stereocenters. The van der Waals surface area contributed by atoms with Crippen molar-refractivity contribution in [1.29, 1.82) is 0 Å². The van der Waals surface area contributed by atoms with E-state index in [9.17, 15) is 86.2 Å². The Hall–Kier alpha value is -1.86. The molecule has 0 radical (unpaired) electrons. The number of aliphatic hydroxyl groups is 13. The number of rotatable bonds is 12. The highest BCUT2D eigenvalue weighted by Gasteiger charge is 2.57. The van der Waals surface area contributed by atoms with Gasteiger partial charge < -0.3 is 110 Å². The van der Waals surface area contributed by atoms with Gasteiger partial charge in [0.25, 0.3) is 5.79 Å². The molecule has 290 valence electrons. The fourth-order valence-corrected chi connectivity index (χ4v) is 5.86. The largest absolute Gasteiger partial charge is 0.479 e. The molecule has 4 aliphatic rings. The van der Waals surface area contributed by atoms with Gasteiger partial charge in [-0.05, 0) is 0 Å². The Bertz CT molecular complexity index is 1150. The lowest BCUT2D eigenvalue weighted by molar-refractivity contribution is -0.383. The Kier molecular flexibility index (Phi) is 13.4. The van der Waals surface area contributed by atoms with E-state index in [2.05, 4.69) is 0 Å². The van der Waals surface area contributed by atoms with E-state index in [1.54, 1.807) is 0 Å². The Morgan fingerprint density at radius 1 is 0.700 bits per heavy atom. The SMILES string of the molecule is O=C(O)[C@H]1OC(O[C@H]2[C@H](O)[C@H](O)[C@@H](O[C@H]3[C@@H]([C@H](O)CO)OC(O)(C(=O)O)C[C@H]3O)O[C@@H]2CO[C@H]2O[C@H](CO)[C@H](O)[C@H](O)[C@H]2O)[C@H](O)[C@@H](O)[C@H]1O. The second kappa shape index (κ2) is 16.4. The second-order valence-corrected chi connectivity index (χ2v) is 12.2. The third-order valence-corrected chi connectivity index (χ3v) is 8.73. The molecule has 4 heterocycles. The van der Waals surface area contributed by atoms with Crippen molar-refractivity contribution in [2.24, 2.45) is 0 Å². The van der Waals surface area contributed by atoms with Crippen molar-refractivity contribution in [2.45, 2.75) is 129 Å². The van der Waals surface area contributed by atoms with Gasteiger partial charge in [0.2, 0.25) is 0 Å². The Labute approximate surface area is 280 Å². The maximum Gasteiger partial charge on any atom is 0.364 e. The quantitative estimate of drug-likeness (QED) is 0.0883. The lowest BCUT2D eigenvalue weighted by Crippen LogP contribution is -2.67. The molecule has 0 aromatic carbocycles. The van der Waals surface area contributed by atoms with E-state index in [0.717, 1.165) is 0 Å². The Morgan fingerprint density at radius 2 is 1.24 bits per heavy atom. The maximum atomic E-state index is 11.6. The zero-order chi connectivity index (χ0) is 37.4. The normalized spacial score (nSPS) is 49.3. The minimum absolute atomic E-state index is 0.850. The maximum absolute atomic E-state index is 11.6. The minimum Gasteiger partial charge on any atom is -0.479 e. The average Bonchev–Trinajstić information content (AvgIpc) is 3.07. The van der Waals surface area contributed by atoms with Crippen LogP contribution in [0.25, 0.3) is 0 Å². The molecule has 0 aromatic heterocycles. The van der Waals surface area contributed by atoms with Crippen LogP contribution in [-0.2, 0) is 42.7 Å². The summed E-state index contributed by atoms with van der Waals surface area (Å²) in [5.41, 5.74) is 0. The van der Waals surface area contributed by atoms with Crippen molar-refractivity contribution >= 4 is 11.9 Å². The van der Waals surface area contributed by atoms with E-state index in [-0.39, 0.29) is 0 Å². The summed E-state index contributed by atoms with van der Waals surface area (Å²) < 4.78 is 37.6. The first-order valence-corrected chi connectivity index (χ1v) is 15.1. The molecule has 15 N–H and O–H groups in total. The van der Waals surface area contributed by atoms with Crippen LogP contribution in [0.15, 0.2) is 0 Å². The van der Waals surface area contributed by atoms with Crippen molar-refractivity contribution in [3.8, 4) is 0 Å². The third kappa shape index (κ3) is 8.19. The van der Waals surface area contributed by atoms with Gasteiger partial charge in [-0.25, -0.2) is 9.59 Å². The summed E-state index contributed by atoms with van der Waals surface area (Å²) in [6.45, 7) is -2.87. The van der Waals surface area contributed by atoms with Crippen LogP contribution in [0.1, 0.15) is 6.42 Å². The number of aliphatic hydroxyl groups excluding tert-OH is 12.